The van der Waals surface area contributed by atoms with Crippen molar-refractivity contribution in [1.29, 1.82) is 0 Å². The number of rotatable bonds is 8. The number of hydrogen-bond donors (Lipinski definition) is 1. The molecule has 2 unspecified atom stereocenters. The molecular weight excluding hydrogens is 250 g/mol. The maximum Gasteiger partial charge on any atom is 0.120 e. The van der Waals surface area contributed by atoms with Crippen molar-refractivity contribution in [1.82, 2.24) is 5.32 Å². The lowest BCUT2D eigenvalue weighted by Gasteiger charge is -2.30. The molecule has 20 heavy (non-hydrogen) atoms. The standard InChI is InChI=1S/C17H27NO2/c1-5-18-16(17(19-4)12(2)3)13-7-6-8-15(11-13)20-14-9-10-14/h6-8,11-12,14,16-18H,5,9-10H2,1-4H3. The molecule has 112 valence electrons. The Morgan fingerprint density at radius 1 is 1.30 bits per heavy atom. The second-order valence-electron chi connectivity index (χ2n) is 5.87. The molecule has 1 aromatic carbocycles. The van der Waals surface area contributed by atoms with Gasteiger partial charge in [0.25, 0.3) is 0 Å². The third kappa shape index (κ3) is 3.97. The summed E-state index contributed by atoms with van der Waals surface area (Å²) in [5.41, 5.74) is 1.24. The average Bonchev–Trinajstić information content (AvgIpc) is 3.22. The second-order valence-corrected chi connectivity index (χ2v) is 5.87. The van der Waals surface area contributed by atoms with Gasteiger partial charge in [0, 0.05) is 7.11 Å². The first-order valence-electron chi connectivity index (χ1n) is 7.68. The molecule has 0 radical (unpaired) electrons. The summed E-state index contributed by atoms with van der Waals surface area (Å²) in [4.78, 5) is 0. The van der Waals surface area contributed by atoms with Crippen LogP contribution in [0.25, 0.3) is 0 Å². The lowest BCUT2D eigenvalue weighted by atomic mass is 9.93. The number of ether oxygens (including phenoxy) is 2. The molecule has 2 rings (SSSR count). The quantitative estimate of drug-likeness (QED) is 0.788. The minimum Gasteiger partial charge on any atom is -0.490 e. The van der Waals surface area contributed by atoms with E-state index in [1.807, 2.05) is 6.07 Å². The van der Waals surface area contributed by atoms with Crippen LogP contribution in [0.3, 0.4) is 0 Å². The molecule has 1 aromatic rings. The predicted molar refractivity (Wildman–Crippen MR) is 82.1 cm³/mol. The van der Waals surface area contributed by atoms with Crippen LogP contribution in [-0.2, 0) is 4.74 Å². The zero-order valence-corrected chi connectivity index (χ0v) is 13.1. The normalized spacial score (nSPS) is 18.1. The molecule has 0 amide bonds. The summed E-state index contributed by atoms with van der Waals surface area (Å²) in [6.45, 7) is 7.45. The van der Waals surface area contributed by atoms with E-state index in [2.05, 4.69) is 44.3 Å². The summed E-state index contributed by atoms with van der Waals surface area (Å²) in [6.07, 6.45) is 2.97. The summed E-state index contributed by atoms with van der Waals surface area (Å²) in [6, 6.07) is 8.63. The third-order valence-electron chi connectivity index (χ3n) is 3.73. The molecule has 3 nitrogen and oxygen atoms in total. The largest absolute Gasteiger partial charge is 0.490 e. The van der Waals surface area contributed by atoms with Gasteiger partial charge in [0.05, 0.1) is 18.2 Å². The van der Waals surface area contributed by atoms with Gasteiger partial charge in [-0.3, -0.25) is 0 Å². The Kier molecular flexibility index (Phi) is 5.44. The van der Waals surface area contributed by atoms with E-state index in [-0.39, 0.29) is 12.1 Å². The van der Waals surface area contributed by atoms with Crippen LogP contribution >= 0.6 is 0 Å². The van der Waals surface area contributed by atoms with E-state index in [0.29, 0.717) is 12.0 Å². The predicted octanol–water partition coefficient (Wildman–Crippen LogP) is 3.55. The highest BCUT2D eigenvalue weighted by atomic mass is 16.5. The van der Waals surface area contributed by atoms with Crippen molar-refractivity contribution < 1.29 is 9.47 Å². The summed E-state index contributed by atoms with van der Waals surface area (Å²) < 4.78 is 11.6. The van der Waals surface area contributed by atoms with E-state index < -0.39 is 0 Å². The summed E-state index contributed by atoms with van der Waals surface area (Å²) in [5, 5.41) is 3.55. The zero-order valence-electron chi connectivity index (χ0n) is 13.1. The van der Waals surface area contributed by atoms with E-state index in [4.69, 9.17) is 9.47 Å². The number of methoxy groups -OCH3 is 1. The first-order chi connectivity index (χ1) is 9.65. The molecule has 0 heterocycles. The van der Waals surface area contributed by atoms with Crippen LogP contribution < -0.4 is 10.1 Å². The highest BCUT2D eigenvalue weighted by molar-refractivity contribution is 5.31. The number of hydrogen-bond acceptors (Lipinski definition) is 3. The smallest absolute Gasteiger partial charge is 0.120 e. The molecule has 0 saturated heterocycles. The minimum absolute atomic E-state index is 0.158. The number of likely N-dealkylation sites (N-methyl/N-ethyl adjacent to an activating group) is 1. The average molecular weight is 277 g/mol. The molecule has 1 N–H and O–H groups in total. The lowest BCUT2D eigenvalue weighted by molar-refractivity contribution is 0.0330. The molecule has 3 heteroatoms. The van der Waals surface area contributed by atoms with Crippen LogP contribution in [0.2, 0.25) is 0 Å². The molecular formula is C17H27NO2. The Bertz CT molecular complexity index is 415. The van der Waals surface area contributed by atoms with Crippen LogP contribution in [0.5, 0.6) is 5.75 Å². The van der Waals surface area contributed by atoms with Crippen molar-refractivity contribution in [2.24, 2.45) is 5.92 Å². The van der Waals surface area contributed by atoms with Gasteiger partial charge in [-0.25, -0.2) is 0 Å². The second kappa shape index (κ2) is 7.09. The van der Waals surface area contributed by atoms with Crippen LogP contribution in [0.1, 0.15) is 45.2 Å². The minimum atomic E-state index is 0.158. The van der Waals surface area contributed by atoms with Gasteiger partial charge in [-0.05, 0) is 43.0 Å². The fraction of sp³-hybridized carbons (Fsp3) is 0.647. The van der Waals surface area contributed by atoms with Gasteiger partial charge in [-0.1, -0.05) is 32.9 Å². The van der Waals surface area contributed by atoms with E-state index in [1.54, 1.807) is 7.11 Å². The SMILES string of the molecule is CCNC(c1cccc(OC2CC2)c1)C(OC)C(C)C. The highest BCUT2D eigenvalue weighted by Crippen LogP contribution is 2.30. The molecule has 0 aromatic heterocycles. The monoisotopic (exact) mass is 277 g/mol. The Morgan fingerprint density at radius 3 is 2.60 bits per heavy atom. The third-order valence-corrected chi connectivity index (χ3v) is 3.73. The van der Waals surface area contributed by atoms with Crippen molar-refractivity contribution in [2.45, 2.75) is 51.9 Å². The Labute approximate surface area is 122 Å². The summed E-state index contributed by atoms with van der Waals surface area (Å²) in [5.74, 6) is 1.43. The van der Waals surface area contributed by atoms with Crippen molar-refractivity contribution in [3.8, 4) is 5.75 Å². The van der Waals surface area contributed by atoms with Gasteiger partial charge in [-0.2, -0.15) is 0 Å². The fourth-order valence-electron chi connectivity index (χ4n) is 2.60. The summed E-state index contributed by atoms with van der Waals surface area (Å²) >= 11 is 0. The van der Waals surface area contributed by atoms with Crippen LogP contribution in [0, 0.1) is 5.92 Å². The Morgan fingerprint density at radius 2 is 2.05 bits per heavy atom. The van der Waals surface area contributed by atoms with Gasteiger partial charge in [0.1, 0.15) is 5.75 Å². The van der Waals surface area contributed by atoms with Gasteiger partial charge < -0.3 is 14.8 Å². The van der Waals surface area contributed by atoms with Crippen molar-refractivity contribution in [3.63, 3.8) is 0 Å². The maximum absolute atomic E-state index is 5.90. The first-order valence-corrected chi connectivity index (χ1v) is 7.68. The van der Waals surface area contributed by atoms with Gasteiger partial charge in [-0.15, -0.1) is 0 Å². The number of benzene rings is 1. The molecule has 0 bridgehead atoms. The Hall–Kier alpha value is -1.06. The van der Waals surface area contributed by atoms with Gasteiger partial charge in [0.2, 0.25) is 0 Å². The van der Waals surface area contributed by atoms with E-state index >= 15 is 0 Å². The molecule has 2 atom stereocenters. The maximum atomic E-state index is 5.90. The highest BCUT2D eigenvalue weighted by Gasteiger charge is 2.27. The van der Waals surface area contributed by atoms with Crippen LogP contribution in [-0.4, -0.2) is 25.9 Å². The van der Waals surface area contributed by atoms with E-state index in [1.165, 1.54) is 18.4 Å². The molecule has 0 aliphatic heterocycles. The molecule has 1 aliphatic rings. The fourth-order valence-corrected chi connectivity index (χ4v) is 2.60. The molecule has 1 fully saturated rings. The Balaban J connectivity index is 2.18. The summed E-state index contributed by atoms with van der Waals surface area (Å²) in [7, 11) is 1.79. The molecule has 1 saturated carbocycles. The van der Waals surface area contributed by atoms with Crippen LogP contribution in [0.4, 0.5) is 0 Å². The van der Waals surface area contributed by atoms with Crippen molar-refractivity contribution >= 4 is 0 Å². The van der Waals surface area contributed by atoms with Crippen molar-refractivity contribution in [2.75, 3.05) is 13.7 Å². The van der Waals surface area contributed by atoms with E-state index in [0.717, 1.165) is 12.3 Å². The van der Waals surface area contributed by atoms with Gasteiger partial charge in [0.15, 0.2) is 0 Å². The molecule has 1 aliphatic carbocycles. The zero-order chi connectivity index (χ0) is 14.5. The lowest BCUT2D eigenvalue weighted by Crippen LogP contribution is -2.36. The molecule has 0 spiro atoms. The number of nitrogens with one attached hydrogen (secondary N) is 1. The van der Waals surface area contributed by atoms with Crippen LogP contribution in [0.15, 0.2) is 24.3 Å². The van der Waals surface area contributed by atoms with Gasteiger partial charge >= 0.3 is 0 Å². The van der Waals surface area contributed by atoms with E-state index in [9.17, 15) is 0 Å². The van der Waals surface area contributed by atoms with Crippen molar-refractivity contribution in [3.05, 3.63) is 29.8 Å². The topological polar surface area (TPSA) is 30.5 Å². The first kappa shape index (κ1) is 15.3.